The fourth-order valence-corrected chi connectivity index (χ4v) is 4.36. The summed E-state index contributed by atoms with van der Waals surface area (Å²) >= 11 is 0. The molecule has 0 spiro atoms. The quantitative estimate of drug-likeness (QED) is 0.858. The maximum absolute atomic E-state index is 11.3. The predicted molar refractivity (Wildman–Crippen MR) is 92.6 cm³/mol. The van der Waals surface area contributed by atoms with Gasteiger partial charge in [0, 0.05) is 19.0 Å². The normalized spacial score (nSPS) is 28.5. The molecule has 1 aromatic heterocycles. The molecule has 3 heterocycles. The van der Waals surface area contributed by atoms with Gasteiger partial charge in [-0.25, -0.2) is 0 Å². The van der Waals surface area contributed by atoms with Gasteiger partial charge in [-0.1, -0.05) is 25.4 Å². The first-order valence-electron chi connectivity index (χ1n) is 9.43. The van der Waals surface area contributed by atoms with Crippen molar-refractivity contribution >= 4 is 0 Å². The van der Waals surface area contributed by atoms with Gasteiger partial charge in [0.25, 0.3) is 0 Å². The highest BCUT2D eigenvalue weighted by molar-refractivity contribution is 5.00. The van der Waals surface area contributed by atoms with Gasteiger partial charge in [-0.2, -0.15) is 4.98 Å². The lowest BCUT2D eigenvalue weighted by Gasteiger charge is -2.50. The molecule has 2 aliphatic rings. The minimum absolute atomic E-state index is 0.307. The van der Waals surface area contributed by atoms with Crippen molar-refractivity contribution in [1.29, 1.82) is 0 Å². The molecule has 0 aliphatic carbocycles. The zero-order valence-electron chi connectivity index (χ0n) is 15.4. The lowest BCUT2D eigenvalue weighted by molar-refractivity contribution is -0.108. The molecule has 3 rings (SSSR count). The van der Waals surface area contributed by atoms with Crippen LogP contribution in [0, 0.1) is 5.92 Å². The Hall–Kier alpha value is -0.980. The SMILES string of the molecule is CC(C)Cc1noc(CN(C)C[C@]2(O)CCCN3CCCC[C@@H]32)n1. The van der Waals surface area contributed by atoms with E-state index in [1.165, 1.54) is 12.8 Å². The molecule has 1 N–H and O–H groups in total. The van der Waals surface area contributed by atoms with Gasteiger partial charge in [-0.15, -0.1) is 0 Å². The third kappa shape index (κ3) is 4.16. The summed E-state index contributed by atoms with van der Waals surface area (Å²) in [6, 6.07) is 0.307. The van der Waals surface area contributed by atoms with Crippen molar-refractivity contribution in [2.24, 2.45) is 5.92 Å². The number of hydrogen-bond donors (Lipinski definition) is 1. The van der Waals surface area contributed by atoms with Gasteiger partial charge >= 0.3 is 0 Å². The Labute approximate surface area is 145 Å². The van der Waals surface area contributed by atoms with E-state index in [0.29, 0.717) is 30.9 Å². The van der Waals surface area contributed by atoms with Crippen molar-refractivity contribution in [2.45, 2.75) is 70.6 Å². The molecule has 0 amide bonds. The van der Waals surface area contributed by atoms with Crippen molar-refractivity contribution < 1.29 is 9.63 Å². The van der Waals surface area contributed by atoms with Crippen LogP contribution in [0.4, 0.5) is 0 Å². The van der Waals surface area contributed by atoms with Crippen LogP contribution in [0.2, 0.25) is 0 Å². The lowest BCUT2D eigenvalue weighted by atomic mass is 9.79. The molecule has 2 fully saturated rings. The largest absolute Gasteiger partial charge is 0.387 e. The third-order valence-corrected chi connectivity index (χ3v) is 5.34. The number of likely N-dealkylation sites (N-methyl/N-ethyl adjacent to an activating group) is 1. The van der Waals surface area contributed by atoms with Crippen LogP contribution in [-0.4, -0.2) is 63.4 Å². The van der Waals surface area contributed by atoms with E-state index < -0.39 is 5.60 Å². The van der Waals surface area contributed by atoms with E-state index >= 15 is 0 Å². The molecular weight excluding hydrogens is 304 g/mol. The summed E-state index contributed by atoms with van der Waals surface area (Å²) in [5.74, 6) is 1.95. The number of piperidine rings is 2. The van der Waals surface area contributed by atoms with E-state index in [2.05, 4.69) is 33.8 Å². The molecule has 0 saturated carbocycles. The first-order valence-corrected chi connectivity index (χ1v) is 9.43. The zero-order chi connectivity index (χ0) is 17.2. The smallest absolute Gasteiger partial charge is 0.240 e. The summed E-state index contributed by atoms with van der Waals surface area (Å²) in [6.07, 6.45) is 6.43. The van der Waals surface area contributed by atoms with Gasteiger partial charge in [0.2, 0.25) is 5.89 Å². The molecule has 24 heavy (non-hydrogen) atoms. The summed E-state index contributed by atoms with van der Waals surface area (Å²) in [5, 5.41) is 15.3. The number of nitrogens with zero attached hydrogens (tertiary/aromatic N) is 4. The monoisotopic (exact) mass is 336 g/mol. The fraction of sp³-hybridized carbons (Fsp3) is 0.889. The molecule has 0 unspecified atom stereocenters. The highest BCUT2D eigenvalue weighted by Crippen LogP contribution is 2.34. The van der Waals surface area contributed by atoms with E-state index in [4.69, 9.17) is 4.52 Å². The lowest BCUT2D eigenvalue weighted by Crippen LogP contribution is -2.62. The summed E-state index contributed by atoms with van der Waals surface area (Å²) < 4.78 is 5.37. The number of aliphatic hydroxyl groups is 1. The van der Waals surface area contributed by atoms with Crippen LogP contribution in [0.1, 0.15) is 57.7 Å². The summed E-state index contributed by atoms with van der Waals surface area (Å²) in [4.78, 5) is 9.10. The van der Waals surface area contributed by atoms with Gasteiger partial charge in [-0.05, 0) is 51.7 Å². The van der Waals surface area contributed by atoms with Crippen LogP contribution >= 0.6 is 0 Å². The molecule has 0 aromatic carbocycles. The molecular formula is C18H32N4O2. The number of fused-ring (bicyclic) bond motifs is 1. The standard InChI is InChI=1S/C18H32N4O2/c1-14(2)11-16-19-17(24-20-16)12-21(3)13-18(23)8-6-10-22-9-5-4-7-15(18)22/h14-15,23H,4-13H2,1-3H3/t15-,18-/m1/s1. The molecule has 6 nitrogen and oxygen atoms in total. The molecule has 2 aliphatic heterocycles. The Morgan fingerprint density at radius 2 is 2.12 bits per heavy atom. The molecule has 0 radical (unpaired) electrons. The maximum atomic E-state index is 11.3. The molecule has 1 aromatic rings. The first-order chi connectivity index (χ1) is 11.5. The minimum Gasteiger partial charge on any atom is -0.387 e. The van der Waals surface area contributed by atoms with Gasteiger partial charge < -0.3 is 9.63 Å². The molecule has 2 saturated heterocycles. The van der Waals surface area contributed by atoms with Crippen LogP contribution in [0.25, 0.3) is 0 Å². The number of rotatable bonds is 6. The Kier molecular flexibility index (Phi) is 5.57. The second-order valence-electron chi connectivity index (χ2n) is 8.13. The zero-order valence-corrected chi connectivity index (χ0v) is 15.4. The average Bonchev–Trinajstić information content (AvgIpc) is 2.93. The number of aromatic nitrogens is 2. The van der Waals surface area contributed by atoms with E-state index in [1.54, 1.807) is 0 Å². The van der Waals surface area contributed by atoms with Crippen molar-refractivity contribution in [3.63, 3.8) is 0 Å². The van der Waals surface area contributed by atoms with Crippen LogP contribution in [0.15, 0.2) is 4.52 Å². The molecule has 2 atom stereocenters. The first kappa shape index (κ1) is 17.8. The highest BCUT2D eigenvalue weighted by Gasteiger charge is 2.44. The highest BCUT2D eigenvalue weighted by atomic mass is 16.5. The van der Waals surface area contributed by atoms with E-state index in [0.717, 1.165) is 44.6 Å². The van der Waals surface area contributed by atoms with Crippen molar-refractivity contribution in [3.8, 4) is 0 Å². The Morgan fingerprint density at radius 1 is 1.33 bits per heavy atom. The minimum atomic E-state index is -0.617. The molecule has 136 valence electrons. The summed E-state index contributed by atoms with van der Waals surface area (Å²) in [6.45, 7) is 7.83. The Bertz CT molecular complexity index is 531. The number of hydrogen-bond acceptors (Lipinski definition) is 6. The van der Waals surface area contributed by atoms with Crippen LogP contribution in [0.3, 0.4) is 0 Å². The van der Waals surface area contributed by atoms with Gasteiger partial charge in [0.1, 0.15) is 0 Å². The van der Waals surface area contributed by atoms with Gasteiger partial charge in [0.05, 0.1) is 12.1 Å². The second kappa shape index (κ2) is 7.50. The predicted octanol–water partition coefficient (Wildman–Crippen LogP) is 2.08. The van der Waals surface area contributed by atoms with E-state index in [1.807, 2.05) is 7.05 Å². The van der Waals surface area contributed by atoms with E-state index in [9.17, 15) is 5.11 Å². The van der Waals surface area contributed by atoms with Gasteiger partial charge in [-0.3, -0.25) is 9.80 Å². The maximum Gasteiger partial charge on any atom is 0.240 e. The van der Waals surface area contributed by atoms with Crippen LogP contribution in [0.5, 0.6) is 0 Å². The average molecular weight is 336 g/mol. The van der Waals surface area contributed by atoms with Crippen molar-refractivity contribution in [2.75, 3.05) is 26.7 Å². The van der Waals surface area contributed by atoms with Crippen molar-refractivity contribution in [1.82, 2.24) is 19.9 Å². The fourth-order valence-electron chi connectivity index (χ4n) is 4.36. The van der Waals surface area contributed by atoms with Gasteiger partial charge in [0.15, 0.2) is 5.82 Å². The topological polar surface area (TPSA) is 65.6 Å². The van der Waals surface area contributed by atoms with Crippen molar-refractivity contribution in [3.05, 3.63) is 11.7 Å². The molecule has 6 heteroatoms. The second-order valence-corrected chi connectivity index (χ2v) is 8.13. The van der Waals surface area contributed by atoms with Crippen LogP contribution in [-0.2, 0) is 13.0 Å². The Morgan fingerprint density at radius 3 is 2.92 bits per heavy atom. The summed E-state index contributed by atoms with van der Waals surface area (Å²) in [5.41, 5.74) is -0.617. The molecule has 0 bridgehead atoms. The summed E-state index contributed by atoms with van der Waals surface area (Å²) in [7, 11) is 2.03. The Balaban J connectivity index is 1.58. The van der Waals surface area contributed by atoms with E-state index in [-0.39, 0.29) is 0 Å². The third-order valence-electron chi connectivity index (χ3n) is 5.34. The van der Waals surface area contributed by atoms with Crippen LogP contribution < -0.4 is 0 Å².